The minimum atomic E-state index is -0.0161. The molecule has 78 valence electrons. The second kappa shape index (κ2) is 3.93. The van der Waals surface area contributed by atoms with Crippen LogP contribution in [0.2, 0.25) is 0 Å². The van der Waals surface area contributed by atoms with Gasteiger partial charge in [0.1, 0.15) is 5.75 Å². The van der Waals surface area contributed by atoms with Crippen LogP contribution in [0.25, 0.3) is 0 Å². The topological polar surface area (TPSA) is 20.2 Å². The highest BCUT2D eigenvalue weighted by atomic mass is 79.9. The van der Waals surface area contributed by atoms with Gasteiger partial charge in [-0.05, 0) is 29.5 Å². The van der Waals surface area contributed by atoms with Crippen LogP contribution in [0.3, 0.4) is 0 Å². The van der Waals surface area contributed by atoms with Crippen LogP contribution in [0.4, 0.5) is 0 Å². The van der Waals surface area contributed by atoms with E-state index in [4.69, 9.17) is 0 Å². The summed E-state index contributed by atoms with van der Waals surface area (Å²) in [5.41, 5.74) is 1.99. The van der Waals surface area contributed by atoms with Crippen LogP contribution in [0.5, 0.6) is 5.75 Å². The van der Waals surface area contributed by atoms with Crippen molar-refractivity contribution in [3.8, 4) is 5.75 Å². The van der Waals surface area contributed by atoms with E-state index >= 15 is 0 Å². The molecule has 14 heavy (non-hydrogen) atoms. The van der Waals surface area contributed by atoms with Crippen molar-refractivity contribution in [3.63, 3.8) is 0 Å². The van der Waals surface area contributed by atoms with Crippen molar-refractivity contribution in [1.29, 1.82) is 0 Å². The SMILES string of the molecule is CCc1cc(Br)cc(C(C)(C)C)c1O. The van der Waals surface area contributed by atoms with Gasteiger partial charge in [0.15, 0.2) is 0 Å². The lowest BCUT2D eigenvalue weighted by atomic mass is 9.85. The maximum Gasteiger partial charge on any atom is 0.122 e. The van der Waals surface area contributed by atoms with Crippen molar-refractivity contribution in [2.24, 2.45) is 0 Å². The van der Waals surface area contributed by atoms with E-state index in [1.54, 1.807) is 0 Å². The highest BCUT2D eigenvalue weighted by Crippen LogP contribution is 2.35. The summed E-state index contributed by atoms with van der Waals surface area (Å²) in [6.45, 7) is 8.36. The average molecular weight is 257 g/mol. The van der Waals surface area contributed by atoms with Gasteiger partial charge in [-0.3, -0.25) is 0 Å². The molecule has 1 nitrogen and oxygen atoms in total. The fourth-order valence-electron chi connectivity index (χ4n) is 1.50. The third-order valence-corrected chi connectivity index (χ3v) is 2.80. The van der Waals surface area contributed by atoms with Crippen LogP contribution in [0, 0.1) is 0 Å². The Hall–Kier alpha value is -0.500. The summed E-state index contributed by atoms with van der Waals surface area (Å²) in [6, 6.07) is 3.97. The van der Waals surface area contributed by atoms with E-state index in [1.165, 1.54) is 0 Å². The van der Waals surface area contributed by atoms with Crippen LogP contribution in [0.1, 0.15) is 38.8 Å². The molecule has 1 N–H and O–H groups in total. The van der Waals surface area contributed by atoms with Gasteiger partial charge in [-0.1, -0.05) is 43.6 Å². The second-order valence-corrected chi connectivity index (χ2v) is 5.48. The molecule has 0 heterocycles. The van der Waals surface area contributed by atoms with Crippen molar-refractivity contribution in [1.82, 2.24) is 0 Å². The summed E-state index contributed by atoms with van der Waals surface area (Å²) in [5, 5.41) is 10.0. The standard InChI is InChI=1S/C12H17BrO/c1-5-8-6-9(13)7-10(11(8)14)12(2,3)4/h6-7,14H,5H2,1-4H3. The number of phenols is 1. The molecule has 1 aromatic rings. The molecule has 0 radical (unpaired) electrons. The Morgan fingerprint density at radius 2 is 1.86 bits per heavy atom. The molecule has 0 bridgehead atoms. The Kier molecular flexibility index (Phi) is 3.25. The first-order valence-electron chi connectivity index (χ1n) is 4.88. The van der Waals surface area contributed by atoms with E-state index in [0.717, 1.165) is 22.0 Å². The van der Waals surface area contributed by atoms with Gasteiger partial charge >= 0.3 is 0 Å². The number of hydrogen-bond acceptors (Lipinski definition) is 1. The summed E-state index contributed by atoms with van der Waals surface area (Å²) >= 11 is 3.47. The zero-order valence-electron chi connectivity index (χ0n) is 9.19. The molecular weight excluding hydrogens is 240 g/mol. The third kappa shape index (κ3) is 2.30. The largest absolute Gasteiger partial charge is 0.507 e. The molecule has 0 aliphatic rings. The lowest BCUT2D eigenvalue weighted by Crippen LogP contribution is -2.12. The van der Waals surface area contributed by atoms with E-state index < -0.39 is 0 Å². The number of phenolic OH excluding ortho intramolecular Hbond substituents is 1. The van der Waals surface area contributed by atoms with Gasteiger partial charge in [0.05, 0.1) is 0 Å². The van der Waals surface area contributed by atoms with Gasteiger partial charge in [0.25, 0.3) is 0 Å². The Morgan fingerprint density at radius 1 is 1.29 bits per heavy atom. The highest BCUT2D eigenvalue weighted by molar-refractivity contribution is 9.10. The molecule has 0 aromatic heterocycles. The fourth-order valence-corrected chi connectivity index (χ4v) is 2.00. The van der Waals surface area contributed by atoms with Crippen LogP contribution in [-0.4, -0.2) is 5.11 Å². The lowest BCUT2D eigenvalue weighted by Gasteiger charge is -2.22. The zero-order valence-corrected chi connectivity index (χ0v) is 10.8. The average Bonchev–Trinajstić information content (AvgIpc) is 2.06. The molecule has 1 rings (SSSR count). The molecule has 0 atom stereocenters. The van der Waals surface area contributed by atoms with Gasteiger partial charge in [-0.25, -0.2) is 0 Å². The highest BCUT2D eigenvalue weighted by Gasteiger charge is 2.20. The summed E-state index contributed by atoms with van der Waals surface area (Å²) in [4.78, 5) is 0. The normalized spacial score (nSPS) is 11.8. The molecule has 2 heteroatoms. The Balaban J connectivity index is 3.37. The maximum atomic E-state index is 10.0. The Labute approximate surface area is 94.3 Å². The van der Waals surface area contributed by atoms with Crippen LogP contribution in [0.15, 0.2) is 16.6 Å². The van der Waals surface area contributed by atoms with Gasteiger partial charge in [0, 0.05) is 10.0 Å². The summed E-state index contributed by atoms with van der Waals surface area (Å²) in [6.07, 6.45) is 0.856. The molecule has 0 aliphatic carbocycles. The summed E-state index contributed by atoms with van der Waals surface area (Å²) < 4.78 is 1.04. The van der Waals surface area contributed by atoms with Crippen molar-refractivity contribution in [2.45, 2.75) is 39.5 Å². The number of halogens is 1. The quantitative estimate of drug-likeness (QED) is 0.805. The second-order valence-electron chi connectivity index (χ2n) is 4.56. The lowest BCUT2D eigenvalue weighted by molar-refractivity contribution is 0.440. The minimum Gasteiger partial charge on any atom is -0.507 e. The van der Waals surface area contributed by atoms with Gasteiger partial charge < -0.3 is 5.11 Å². The number of benzene rings is 1. The van der Waals surface area contributed by atoms with E-state index in [1.807, 2.05) is 19.1 Å². The first-order chi connectivity index (χ1) is 6.36. The van der Waals surface area contributed by atoms with E-state index in [0.29, 0.717) is 5.75 Å². The van der Waals surface area contributed by atoms with Gasteiger partial charge in [-0.15, -0.1) is 0 Å². The molecule has 0 amide bonds. The van der Waals surface area contributed by atoms with Gasteiger partial charge in [0.2, 0.25) is 0 Å². The van der Waals surface area contributed by atoms with E-state index in [2.05, 4.69) is 36.7 Å². The van der Waals surface area contributed by atoms with E-state index in [-0.39, 0.29) is 5.41 Å². The van der Waals surface area contributed by atoms with Crippen LogP contribution < -0.4 is 0 Å². The fraction of sp³-hybridized carbons (Fsp3) is 0.500. The Bertz CT molecular complexity index is 337. The first-order valence-corrected chi connectivity index (χ1v) is 5.67. The van der Waals surface area contributed by atoms with Crippen LogP contribution in [-0.2, 0) is 11.8 Å². The molecular formula is C12H17BrO. The predicted molar refractivity (Wildman–Crippen MR) is 63.9 cm³/mol. The van der Waals surface area contributed by atoms with E-state index in [9.17, 15) is 5.11 Å². The molecule has 1 aromatic carbocycles. The predicted octanol–water partition coefficient (Wildman–Crippen LogP) is 4.01. The summed E-state index contributed by atoms with van der Waals surface area (Å²) in [7, 11) is 0. The zero-order chi connectivity index (χ0) is 10.9. The van der Waals surface area contributed by atoms with Crippen molar-refractivity contribution in [3.05, 3.63) is 27.7 Å². The third-order valence-electron chi connectivity index (χ3n) is 2.34. The molecule has 0 saturated heterocycles. The summed E-state index contributed by atoms with van der Waals surface area (Å²) in [5.74, 6) is 0.447. The number of hydrogen-bond donors (Lipinski definition) is 1. The monoisotopic (exact) mass is 256 g/mol. The first kappa shape index (κ1) is 11.6. The van der Waals surface area contributed by atoms with Crippen molar-refractivity contribution < 1.29 is 5.11 Å². The molecule has 0 aliphatic heterocycles. The van der Waals surface area contributed by atoms with Crippen LogP contribution >= 0.6 is 15.9 Å². The molecule has 0 saturated carbocycles. The van der Waals surface area contributed by atoms with Crippen molar-refractivity contribution in [2.75, 3.05) is 0 Å². The molecule has 0 unspecified atom stereocenters. The number of aryl methyl sites for hydroxylation is 1. The Morgan fingerprint density at radius 3 is 2.29 bits per heavy atom. The maximum absolute atomic E-state index is 10.0. The molecule has 0 spiro atoms. The van der Waals surface area contributed by atoms with Crippen molar-refractivity contribution >= 4 is 15.9 Å². The number of rotatable bonds is 1. The minimum absolute atomic E-state index is 0.0161. The molecule has 0 fully saturated rings. The smallest absolute Gasteiger partial charge is 0.122 e. The number of aromatic hydroxyl groups is 1. The van der Waals surface area contributed by atoms with Gasteiger partial charge in [-0.2, -0.15) is 0 Å².